The zero-order valence-corrected chi connectivity index (χ0v) is 16.6. The highest BCUT2D eigenvalue weighted by Gasteiger charge is 2.23. The van der Waals surface area contributed by atoms with Gasteiger partial charge < -0.3 is 0 Å². The smallest absolute Gasteiger partial charge is 0.123 e. The first-order chi connectivity index (χ1) is 12.9. The van der Waals surface area contributed by atoms with Crippen LogP contribution in [0.1, 0.15) is 51.8 Å². The van der Waals surface area contributed by atoms with Gasteiger partial charge in [-0.1, -0.05) is 73.2 Å². The van der Waals surface area contributed by atoms with Crippen molar-refractivity contribution in [3.63, 3.8) is 0 Å². The highest BCUT2D eigenvalue weighted by molar-refractivity contribution is 5.75. The van der Waals surface area contributed by atoms with Crippen LogP contribution in [0.25, 0.3) is 5.57 Å². The first-order valence-electron chi connectivity index (χ1n) is 9.52. The summed E-state index contributed by atoms with van der Waals surface area (Å²) in [5.41, 5.74) is 9.09. The molecule has 0 bridgehead atoms. The number of benzene rings is 3. The SMILES string of the molecule is C=C(c1ccc(C)cc1)C(c1cc(C)ccc1C)c1cc(F)ccc1CC. The Labute approximate surface area is 162 Å². The van der Waals surface area contributed by atoms with Gasteiger partial charge in [-0.05, 0) is 72.7 Å². The first kappa shape index (κ1) is 19.1. The van der Waals surface area contributed by atoms with Crippen LogP contribution in [-0.2, 0) is 6.42 Å². The lowest BCUT2D eigenvalue weighted by Gasteiger charge is -2.26. The third-order valence-corrected chi connectivity index (χ3v) is 5.32. The second kappa shape index (κ2) is 7.92. The van der Waals surface area contributed by atoms with Gasteiger partial charge in [-0.15, -0.1) is 0 Å². The minimum atomic E-state index is -0.200. The van der Waals surface area contributed by atoms with Gasteiger partial charge in [0.15, 0.2) is 0 Å². The standard InChI is InChI=1S/C26H27F/c1-6-21-13-14-23(27)16-25(21)26(24-15-18(3)7-10-19(24)4)20(5)22-11-8-17(2)9-12-22/h7-16,26H,5-6H2,1-4H3. The molecule has 1 atom stereocenters. The van der Waals surface area contributed by atoms with Crippen molar-refractivity contribution >= 4 is 5.57 Å². The Morgan fingerprint density at radius 3 is 2.19 bits per heavy atom. The lowest BCUT2D eigenvalue weighted by molar-refractivity contribution is 0.624. The van der Waals surface area contributed by atoms with Crippen LogP contribution in [0.3, 0.4) is 0 Å². The quantitative estimate of drug-likeness (QED) is 0.454. The molecule has 0 saturated heterocycles. The van der Waals surface area contributed by atoms with Crippen LogP contribution in [0.4, 0.5) is 4.39 Å². The van der Waals surface area contributed by atoms with E-state index in [1.54, 1.807) is 12.1 Å². The molecule has 0 aliphatic rings. The fourth-order valence-electron chi connectivity index (χ4n) is 3.70. The zero-order valence-electron chi connectivity index (χ0n) is 16.6. The highest BCUT2D eigenvalue weighted by atomic mass is 19.1. The molecule has 3 aromatic rings. The van der Waals surface area contributed by atoms with Gasteiger partial charge in [0.05, 0.1) is 0 Å². The largest absolute Gasteiger partial charge is 0.207 e. The molecule has 0 fully saturated rings. The Bertz CT molecular complexity index is 964. The van der Waals surface area contributed by atoms with Crippen molar-refractivity contribution in [3.05, 3.63) is 112 Å². The predicted octanol–water partition coefficient (Wildman–Crippen LogP) is 7.16. The Kier molecular flexibility index (Phi) is 5.60. The molecule has 0 spiro atoms. The van der Waals surface area contributed by atoms with Crippen LogP contribution >= 0.6 is 0 Å². The molecule has 0 saturated carbocycles. The molecule has 3 rings (SSSR count). The molecule has 0 heterocycles. The van der Waals surface area contributed by atoms with Crippen molar-refractivity contribution in [2.45, 2.75) is 40.0 Å². The summed E-state index contributed by atoms with van der Waals surface area (Å²) in [7, 11) is 0. The van der Waals surface area contributed by atoms with Crippen molar-refractivity contribution in [1.29, 1.82) is 0 Å². The van der Waals surface area contributed by atoms with E-state index in [0.29, 0.717) is 0 Å². The number of aryl methyl sites for hydroxylation is 4. The van der Waals surface area contributed by atoms with Gasteiger partial charge in [0.2, 0.25) is 0 Å². The minimum absolute atomic E-state index is 0.0711. The molecule has 0 radical (unpaired) electrons. The van der Waals surface area contributed by atoms with Crippen LogP contribution in [-0.4, -0.2) is 0 Å². The van der Waals surface area contributed by atoms with Gasteiger partial charge >= 0.3 is 0 Å². The molecule has 1 heteroatoms. The monoisotopic (exact) mass is 358 g/mol. The molecule has 0 amide bonds. The number of hydrogen-bond donors (Lipinski definition) is 0. The normalized spacial score (nSPS) is 12.0. The molecule has 0 aliphatic carbocycles. The van der Waals surface area contributed by atoms with Crippen LogP contribution in [0, 0.1) is 26.6 Å². The molecule has 0 aromatic heterocycles. The lowest BCUT2D eigenvalue weighted by Crippen LogP contribution is -2.09. The molecule has 0 N–H and O–H groups in total. The van der Waals surface area contributed by atoms with Crippen molar-refractivity contribution in [3.8, 4) is 0 Å². The van der Waals surface area contributed by atoms with Gasteiger partial charge in [-0.3, -0.25) is 0 Å². The molecular formula is C26H27F. The number of rotatable bonds is 5. The molecular weight excluding hydrogens is 331 g/mol. The predicted molar refractivity (Wildman–Crippen MR) is 114 cm³/mol. The van der Waals surface area contributed by atoms with Gasteiger partial charge in [-0.25, -0.2) is 4.39 Å². The van der Waals surface area contributed by atoms with Gasteiger partial charge in [0.25, 0.3) is 0 Å². The Hall–Kier alpha value is -2.67. The summed E-state index contributed by atoms with van der Waals surface area (Å²) in [5, 5.41) is 0. The van der Waals surface area contributed by atoms with Crippen molar-refractivity contribution in [2.75, 3.05) is 0 Å². The third kappa shape index (κ3) is 4.03. The van der Waals surface area contributed by atoms with E-state index in [1.807, 2.05) is 6.07 Å². The van der Waals surface area contributed by atoms with E-state index in [9.17, 15) is 4.39 Å². The maximum Gasteiger partial charge on any atom is 0.123 e. The fraction of sp³-hybridized carbons (Fsp3) is 0.231. The van der Waals surface area contributed by atoms with Crippen LogP contribution < -0.4 is 0 Å². The van der Waals surface area contributed by atoms with E-state index in [-0.39, 0.29) is 11.7 Å². The topological polar surface area (TPSA) is 0 Å². The van der Waals surface area contributed by atoms with Crippen molar-refractivity contribution < 1.29 is 4.39 Å². The van der Waals surface area contributed by atoms with E-state index in [0.717, 1.165) is 28.7 Å². The van der Waals surface area contributed by atoms with Gasteiger partial charge in [0, 0.05) is 5.92 Å². The number of allylic oxidation sites excluding steroid dienone is 1. The Balaban J connectivity index is 2.24. The number of halogens is 1. The summed E-state index contributed by atoms with van der Waals surface area (Å²) in [6.45, 7) is 12.9. The Morgan fingerprint density at radius 2 is 1.52 bits per heavy atom. The highest BCUT2D eigenvalue weighted by Crippen LogP contribution is 2.40. The van der Waals surface area contributed by atoms with E-state index >= 15 is 0 Å². The molecule has 138 valence electrons. The molecule has 1 unspecified atom stereocenters. The van der Waals surface area contributed by atoms with Crippen LogP contribution in [0.15, 0.2) is 67.2 Å². The van der Waals surface area contributed by atoms with E-state index in [2.05, 4.69) is 76.7 Å². The van der Waals surface area contributed by atoms with Gasteiger partial charge in [-0.2, -0.15) is 0 Å². The van der Waals surface area contributed by atoms with E-state index < -0.39 is 0 Å². The second-order valence-corrected chi connectivity index (χ2v) is 7.38. The zero-order chi connectivity index (χ0) is 19.6. The van der Waals surface area contributed by atoms with Crippen LogP contribution in [0.2, 0.25) is 0 Å². The first-order valence-corrected chi connectivity index (χ1v) is 9.52. The van der Waals surface area contributed by atoms with E-state index in [4.69, 9.17) is 0 Å². The van der Waals surface area contributed by atoms with E-state index in [1.165, 1.54) is 22.3 Å². The van der Waals surface area contributed by atoms with Crippen molar-refractivity contribution in [2.24, 2.45) is 0 Å². The molecule has 0 aliphatic heterocycles. The van der Waals surface area contributed by atoms with Gasteiger partial charge in [0.1, 0.15) is 5.82 Å². The van der Waals surface area contributed by atoms with Crippen molar-refractivity contribution in [1.82, 2.24) is 0 Å². The lowest BCUT2D eigenvalue weighted by atomic mass is 9.78. The molecule has 27 heavy (non-hydrogen) atoms. The maximum absolute atomic E-state index is 14.2. The summed E-state index contributed by atoms with van der Waals surface area (Å²) in [6.07, 6.45) is 0.859. The Morgan fingerprint density at radius 1 is 0.852 bits per heavy atom. The summed E-state index contributed by atoms with van der Waals surface area (Å²) < 4.78 is 14.2. The average molecular weight is 359 g/mol. The summed E-state index contributed by atoms with van der Waals surface area (Å²) in [6, 6.07) is 20.1. The summed E-state index contributed by atoms with van der Waals surface area (Å²) >= 11 is 0. The minimum Gasteiger partial charge on any atom is -0.207 e. The second-order valence-electron chi connectivity index (χ2n) is 7.38. The summed E-state index contributed by atoms with van der Waals surface area (Å²) in [5.74, 6) is -0.271. The molecule has 0 nitrogen and oxygen atoms in total. The molecule has 3 aromatic carbocycles. The average Bonchev–Trinajstić information content (AvgIpc) is 2.65. The third-order valence-electron chi connectivity index (χ3n) is 5.32. The fourth-order valence-corrected chi connectivity index (χ4v) is 3.70. The maximum atomic E-state index is 14.2. The summed E-state index contributed by atoms with van der Waals surface area (Å²) in [4.78, 5) is 0. The van der Waals surface area contributed by atoms with Crippen LogP contribution in [0.5, 0.6) is 0 Å². The number of hydrogen-bond acceptors (Lipinski definition) is 0.